The average Bonchev–Trinajstić information content (AvgIpc) is 2.83. The molecule has 0 bridgehead atoms. The van der Waals surface area contributed by atoms with Gasteiger partial charge in [-0.2, -0.15) is 0 Å². The zero-order valence-corrected chi connectivity index (χ0v) is 10.4. The fourth-order valence-electron chi connectivity index (χ4n) is 2.26. The molecule has 2 heterocycles. The highest BCUT2D eigenvalue weighted by atomic mass is 35.5. The second-order valence-electron chi connectivity index (χ2n) is 4.28. The van der Waals surface area contributed by atoms with Gasteiger partial charge in [0.1, 0.15) is 11.5 Å². The van der Waals surface area contributed by atoms with Crippen LogP contribution in [0.4, 0.5) is 0 Å². The molecule has 3 nitrogen and oxygen atoms in total. The second-order valence-corrected chi connectivity index (χ2v) is 4.58. The van der Waals surface area contributed by atoms with Crippen molar-refractivity contribution in [2.45, 2.75) is 32.7 Å². The van der Waals surface area contributed by atoms with Crippen LogP contribution in [0.25, 0.3) is 0 Å². The molecule has 1 aliphatic rings. The van der Waals surface area contributed by atoms with Gasteiger partial charge in [-0.05, 0) is 32.8 Å². The molecule has 1 aromatic heterocycles. The number of nitrogens with zero attached hydrogens (tertiary/aromatic N) is 1. The summed E-state index contributed by atoms with van der Waals surface area (Å²) < 4.78 is 5.38. The molecule has 0 aromatic carbocycles. The first-order valence-electron chi connectivity index (χ1n) is 5.57. The Morgan fingerprint density at radius 2 is 2.38 bits per heavy atom. The summed E-state index contributed by atoms with van der Waals surface area (Å²) in [7, 11) is 0. The van der Waals surface area contributed by atoms with Gasteiger partial charge in [-0.25, -0.2) is 0 Å². The van der Waals surface area contributed by atoms with Gasteiger partial charge >= 0.3 is 0 Å². The van der Waals surface area contributed by atoms with Crippen LogP contribution in [0.5, 0.6) is 0 Å². The van der Waals surface area contributed by atoms with Crippen LogP contribution in [0.2, 0.25) is 0 Å². The molecule has 1 fully saturated rings. The number of alkyl halides is 1. The smallest absolute Gasteiger partial charge is 0.257 e. The summed E-state index contributed by atoms with van der Waals surface area (Å²) >= 11 is 5.86. The molecule has 0 aliphatic carbocycles. The molecule has 0 spiro atoms. The van der Waals surface area contributed by atoms with Crippen molar-refractivity contribution < 1.29 is 9.21 Å². The van der Waals surface area contributed by atoms with E-state index in [1.165, 1.54) is 0 Å². The summed E-state index contributed by atoms with van der Waals surface area (Å²) in [4.78, 5) is 14.1. The summed E-state index contributed by atoms with van der Waals surface area (Å²) in [5, 5.41) is 0. The Labute approximate surface area is 100 Å². The van der Waals surface area contributed by atoms with E-state index in [9.17, 15) is 4.79 Å². The van der Waals surface area contributed by atoms with E-state index in [1.807, 2.05) is 18.7 Å². The van der Waals surface area contributed by atoms with Crippen LogP contribution in [0.1, 0.15) is 34.7 Å². The molecule has 88 valence electrons. The van der Waals surface area contributed by atoms with E-state index in [1.54, 1.807) is 6.07 Å². The summed E-state index contributed by atoms with van der Waals surface area (Å²) in [5.74, 6) is 2.05. The first kappa shape index (κ1) is 11.5. The Kier molecular flexibility index (Phi) is 3.24. The molecule has 1 aromatic rings. The van der Waals surface area contributed by atoms with Crippen molar-refractivity contribution >= 4 is 17.5 Å². The predicted octanol–water partition coefficient (Wildman–Crippen LogP) is 2.74. The van der Waals surface area contributed by atoms with Crippen molar-refractivity contribution in [3.8, 4) is 0 Å². The summed E-state index contributed by atoms with van der Waals surface area (Å²) in [6.45, 7) is 4.48. The monoisotopic (exact) mass is 241 g/mol. The minimum atomic E-state index is 0.0532. The second kappa shape index (κ2) is 4.50. The molecule has 1 unspecified atom stereocenters. The average molecular weight is 242 g/mol. The highest BCUT2D eigenvalue weighted by molar-refractivity contribution is 6.18. The molecule has 1 amide bonds. The third kappa shape index (κ3) is 1.96. The van der Waals surface area contributed by atoms with Crippen LogP contribution >= 0.6 is 11.6 Å². The molecule has 1 atom stereocenters. The molecule has 0 saturated carbocycles. The molecule has 0 radical (unpaired) electrons. The number of rotatable bonds is 2. The minimum absolute atomic E-state index is 0.0532. The maximum Gasteiger partial charge on any atom is 0.257 e. The Morgan fingerprint density at radius 3 is 2.94 bits per heavy atom. The Morgan fingerprint density at radius 1 is 1.62 bits per heavy atom. The first-order valence-corrected chi connectivity index (χ1v) is 6.11. The van der Waals surface area contributed by atoms with Gasteiger partial charge in [-0.3, -0.25) is 4.79 Å². The van der Waals surface area contributed by atoms with Gasteiger partial charge in [0.05, 0.1) is 5.56 Å². The number of likely N-dealkylation sites (tertiary alicyclic amines) is 1. The molecule has 1 aliphatic heterocycles. The lowest BCUT2D eigenvalue weighted by Crippen LogP contribution is -2.36. The number of hydrogen-bond acceptors (Lipinski definition) is 2. The largest absolute Gasteiger partial charge is 0.466 e. The lowest BCUT2D eigenvalue weighted by Gasteiger charge is -2.22. The Bertz CT molecular complexity index is 400. The van der Waals surface area contributed by atoms with Crippen molar-refractivity contribution in [2.75, 3.05) is 12.4 Å². The van der Waals surface area contributed by atoms with Crippen molar-refractivity contribution in [2.24, 2.45) is 0 Å². The fourth-order valence-corrected chi connectivity index (χ4v) is 2.58. The Hall–Kier alpha value is -0.960. The number of carbonyl (C=O) groups excluding carboxylic acids is 1. The molecular formula is C12H16ClNO2. The third-order valence-corrected chi connectivity index (χ3v) is 3.44. The predicted molar refractivity (Wildman–Crippen MR) is 63.0 cm³/mol. The summed E-state index contributed by atoms with van der Waals surface area (Å²) in [6, 6.07) is 1.99. The minimum Gasteiger partial charge on any atom is -0.466 e. The summed E-state index contributed by atoms with van der Waals surface area (Å²) in [6.07, 6.45) is 2.05. The lowest BCUT2D eigenvalue weighted by molar-refractivity contribution is 0.0747. The van der Waals surface area contributed by atoms with Crippen LogP contribution < -0.4 is 0 Å². The van der Waals surface area contributed by atoms with E-state index in [2.05, 4.69) is 0 Å². The van der Waals surface area contributed by atoms with Crippen LogP contribution in [0, 0.1) is 13.8 Å². The van der Waals surface area contributed by atoms with Crippen molar-refractivity contribution in [3.63, 3.8) is 0 Å². The lowest BCUT2D eigenvalue weighted by atomic mass is 10.2. The van der Waals surface area contributed by atoms with E-state index >= 15 is 0 Å². The maximum atomic E-state index is 12.3. The number of amides is 1. The van der Waals surface area contributed by atoms with Crippen LogP contribution in [-0.2, 0) is 0 Å². The molecule has 1 saturated heterocycles. The number of hydrogen-bond donors (Lipinski definition) is 0. The highest BCUT2D eigenvalue weighted by Crippen LogP contribution is 2.23. The third-order valence-electron chi connectivity index (χ3n) is 3.09. The van der Waals surface area contributed by atoms with E-state index in [-0.39, 0.29) is 11.9 Å². The number of carbonyl (C=O) groups is 1. The van der Waals surface area contributed by atoms with E-state index in [4.69, 9.17) is 16.0 Å². The van der Waals surface area contributed by atoms with Gasteiger partial charge in [0.25, 0.3) is 5.91 Å². The van der Waals surface area contributed by atoms with Gasteiger partial charge in [0.2, 0.25) is 0 Å². The topological polar surface area (TPSA) is 33.5 Å². The van der Waals surface area contributed by atoms with E-state index in [0.717, 1.165) is 25.1 Å². The molecular weight excluding hydrogens is 226 g/mol. The van der Waals surface area contributed by atoms with Crippen molar-refractivity contribution in [1.29, 1.82) is 0 Å². The van der Waals surface area contributed by atoms with Gasteiger partial charge in [0, 0.05) is 18.5 Å². The van der Waals surface area contributed by atoms with Gasteiger partial charge in [0.15, 0.2) is 0 Å². The zero-order chi connectivity index (χ0) is 11.7. The van der Waals surface area contributed by atoms with Crippen LogP contribution in [0.3, 0.4) is 0 Å². The van der Waals surface area contributed by atoms with E-state index in [0.29, 0.717) is 17.2 Å². The normalized spacial score (nSPS) is 20.4. The number of furan rings is 1. The van der Waals surface area contributed by atoms with E-state index < -0.39 is 0 Å². The Balaban J connectivity index is 2.21. The van der Waals surface area contributed by atoms with Gasteiger partial charge in [-0.1, -0.05) is 0 Å². The quantitative estimate of drug-likeness (QED) is 0.746. The van der Waals surface area contributed by atoms with Crippen molar-refractivity contribution in [3.05, 3.63) is 23.2 Å². The summed E-state index contributed by atoms with van der Waals surface area (Å²) in [5.41, 5.74) is 0.675. The van der Waals surface area contributed by atoms with Crippen LogP contribution in [-0.4, -0.2) is 29.3 Å². The number of aryl methyl sites for hydroxylation is 2. The van der Waals surface area contributed by atoms with Crippen molar-refractivity contribution in [1.82, 2.24) is 4.90 Å². The maximum absolute atomic E-state index is 12.3. The SMILES string of the molecule is Cc1cc(C(=O)N2CCCC2CCl)c(C)o1. The van der Waals surface area contributed by atoms with Crippen LogP contribution in [0.15, 0.2) is 10.5 Å². The first-order chi connectivity index (χ1) is 7.63. The molecule has 16 heavy (non-hydrogen) atoms. The number of halogens is 1. The van der Waals surface area contributed by atoms with Gasteiger partial charge in [-0.15, -0.1) is 11.6 Å². The molecule has 4 heteroatoms. The highest BCUT2D eigenvalue weighted by Gasteiger charge is 2.30. The zero-order valence-electron chi connectivity index (χ0n) is 9.62. The standard InChI is InChI=1S/C12H16ClNO2/c1-8-6-11(9(2)16-8)12(15)14-5-3-4-10(14)7-13/h6,10H,3-5,7H2,1-2H3. The fraction of sp³-hybridized carbons (Fsp3) is 0.583. The van der Waals surface area contributed by atoms with Gasteiger partial charge < -0.3 is 9.32 Å². The molecule has 0 N–H and O–H groups in total. The molecule has 2 rings (SSSR count).